The van der Waals surface area contributed by atoms with Gasteiger partial charge in [-0.2, -0.15) is 11.8 Å². The molecule has 1 aromatic rings. The Morgan fingerprint density at radius 1 is 1.40 bits per heavy atom. The van der Waals surface area contributed by atoms with Crippen molar-refractivity contribution in [3.63, 3.8) is 0 Å². The van der Waals surface area contributed by atoms with Gasteiger partial charge in [-0.3, -0.25) is 0 Å². The number of anilines is 1. The lowest BCUT2D eigenvalue weighted by molar-refractivity contribution is 0.398. The van der Waals surface area contributed by atoms with Gasteiger partial charge in [0.2, 0.25) is 0 Å². The van der Waals surface area contributed by atoms with Crippen molar-refractivity contribution in [3.8, 4) is 5.75 Å². The number of nitrogens with one attached hydrogen (secondary N) is 1. The van der Waals surface area contributed by atoms with E-state index in [9.17, 15) is 0 Å². The number of ether oxygens (including phenoxy) is 1. The van der Waals surface area contributed by atoms with Crippen LogP contribution < -0.4 is 15.8 Å². The summed E-state index contributed by atoms with van der Waals surface area (Å²) in [6, 6.07) is 7.80. The van der Waals surface area contributed by atoms with Gasteiger partial charge in [0, 0.05) is 12.2 Å². The molecular weight excluding hydrogens is 208 g/mol. The number of rotatable bonds is 3. The summed E-state index contributed by atoms with van der Waals surface area (Å²) in [5, 5.41) is 3.14. The SMILES string of the molecule is CSCCC1=C(N)Nc2ccccc2O1. The van der Waals surface area contributed by atoms with Crippen molar-refractivity contribution in [2.24, 2.45) is 5.73 Å². The first-order chi connectivity index (χ1) is 7.31. The van der Waals surface area contributed by atoms with Gasteiger partial charge in [-0.1, -0.05) is 12.1 Å². The van der Waals surface area contributed by atoms with Crippen LogP contribution in [0.5, 0.6) is 5.75 Å². The van der Waals surface area contributed by atoms with Crippen molar-refractivity contribution in [3.05, 3.63) is 35.8 Å². The molecule has 0 saturated heterocycles. The third-order valence-corrected chi connectivity index (χ3v) is 2.84. The molecular formula is C11H14N2OS. The van der Waals surface area contributed by atoms with Crippen molar-refractivity contribution in [2.45, 2.75) is 6.42 Å². The summed E-state index contributed by atoms with van der Waals surface area (Å²) in [7, 11) is 0. The van der Waals surface area contributed by atoms with E-state index in [1.54, 1.807) is 11.8 Å². The zero-order valence-electron chi connectivity index (χ0n) is 8.62. The number of benzene rings is 1. The average Bonchev–Trinajstić information content (AvgIpc) is 2.26. The van der Waals surface area contributed by atoms with E-state index in [-0.39, 0.29) is 0 Å². The minimum absolute atomic E-state index is 0.628. The highest BCUT2D eigenvalue weighted by Gasteiger charge is 2.15. The molecule has 0 amide bonds. The van der Waals surface area contributed by atoms with E-state index in [1.807, 2.05) is 24.3 Å². The fourth-order valence-electron chi connectivity index (χ4n) is 1.44. The van der Waals surface area contributed by atoms with Crippen LogP contribution in [-0.2, 0) is 0 Å². The molecule has 0 spiro atoms. The summed E-state index contributed by atoms with van der Waals surface area (Å²) in [6.07, 6.45) is 2.93. The standard InChI is InChI=1S/C11H14N2OS/c1-15-7-6-10-11(12)13-8-4-2-3-5-9(8)14-10/h2-5,13H,6-7,12H2,1H3. The van der Waals surface area contributed by atoms with Crippen molar-refractivity contribution >= 4 is 17.4 Å². The maximum Gasteiger partial charge on any atom is 0.150 e. The summed E-state index contributed by atoms with van der Waals surface area (Å²) in [5.74, 6) is 3.33. The molecule has 0 bridgehead atoms. The quantitative estimate of drug-likeness (QED) is 0.824. The van der Waals surface area contributed by atoms with Gasteiger partial charge < -0.3 is 15.8 Å². The van der Waals surface area contributed by atoms with Crippen LogP contribution in [0.2, 0.25) is 0 Å². The molecule has 4 heteroatoms. The maximum atomic E-state index is 5.87. The second kappa shape index (κ2) is 4.49. The Morgan fingerprint density at radius 3 is 3.00 bits per heavy atom. The second-order valence-corrected chi connectivity index (χ2v) is 4.29. The molecule has 1 aliphatic rings. The molecule has 0 atom stereocenters. The Labute approximate surface area is 93.7 Å². The molecule has 3 N–H and O–H groups in total. The molecule has 1 aromatic carbocycles. The molecule has 0 aliphatic carbocycles. The largest absolute Gasteiger partial charge is 0.456 e. The van der Waals surface area contributed by atoms with Gasteiger partial charge in [0.1, 0.15) is 11.6 Å². The fourth-order valence-corrected chi connectivity index (χ4v) is 1.83. The zero-order chi connectivity index (χ0) is 10.7. The molecule has 15 heavy (non-hydrogen) atoms. The molecule has 0 fully saturated rings. The molecule has 0 unspecified atom stereocenters. The topological polar surface area (TPSA) is 47.3 Å². The second-order valence-electron chi connectivity index (χ2n) is 3.30. The van der Waals surface area contributed by atoms with E-state index >= 15 is 0 Å². The molecule has 0 radical (unpaired) electrons. The zero-order valence-corrected chi connectivity index (χ0v) is 9.43. The lowest BCUT2D eigenvalue weighted by atomic mass is 10.2. The van der Waals surface area contributed by atoms with Crippen LogP contribution in [0.25, 0.3) is 0 Å². The van der Waals surface area contributed by atoms with E-state index < -0.39 is 0 Å². The Morgan fingerprint density at radius 2 is 2.20 bits per heavy atom. The van der Waals surface area contributed by atoms with Gasteiger partial charge in [-0.05, 0) is 18.4 Å². The fraction of sp³-hybridized carbons (Fsp3) is 0.273. The predicted octanol–water partition coefficient (Wildman–Crippen LogP) is 2.37. The first kappa shape index (κ1) is 10.2. The maximum absolute atomic E-state index is 5.87. The minimum atomic E-state index is 0.628. The summed E-state index contributed by atoms with van der Waals surface area (Å²) >= 11 is 1.78. The van der Waals surface area contributed by atoms with E-state index in [1.165, 1.54) is 0 Å². The number of nitrogens with two attached hydrogens (primary N) is 1. The van der Waals surface area contributed by atoms with Crippen LogP contribution in [0.4, 0.5) is 5.69 Å². The van der Waals surface area contributed by atoms with E-state index in [2.05, 4.69) is 11.6 Å². The van der Waals surface area contributed by atoms with Crippen LogP contribution in [-0.4, -0.2) is 12.0 Å². The normalized spacial score (nSPS) is 14.2. The molecule has 1 heterocycles. The highest BCUT2D eigenvalue weighted by Crippen LogP contribution is 2.31. The third-order valence-electron chi connectivity index (χ3n) is 2.22. The van der Waals surface area contributed by atoms with Gasteiger partial charge in [0.25, 0.3) is 0 Å². The molecule has 80 valence electrons. The molecule has 2 rings (SSSR count). The van der Waals surface area contributed by atoms with E-state index in [0.29, 0.717) is 5.82 Å². The van der Waals surface area contributed by atoms with Crippen LogP contribution in [0.1, 0.15) is 6.42 Å². The van der Waals surface area contributed by atoms with Crippen LogP contribution in [0, 0.1) is 0 Å². The third kappa shape index (κ3) is 2.21. The minimum Gasteiger partial charge on any atom is -0.456 e. The first-order valence-corrected chi connectivity index (χ1v) is 6.22. The lowest BCUT2D eigenvalue weighted by Crippen LogP contribution is -2.20. The van der Waals surface area contributed by atoms with E-state index in [0.717, 1.165) is 29.4 Å². The highest BCUT2D eigenvalue weighted by atomic mass is 32.2. The number of fused-ring (bicyclic) bond motifs is 1. The number of allylic oxidation sites excluding steroid dienone is 1. The Kier molecular flexibility index (Phi) is 3.06. The van der Waals surface area contributed by atoms with Gasteiger partial charge >= 0.3 is 0 Å². The molecule has 1 aliphatic heterocycles. The smallest absolute Gasteiger partial charge is 0.150 e. The number of para-hydroxylation sites is 2. The molecule has 0 saturated carbocycles. The summed E-state index contributed by atoms with van der Waals surface area (Å²) in [5.41, 5.74) is 6.80. The van der Waals surface area contributed by atoms with Gasteiger partial charge in [0.15, 0.2) is 5.75 Å². The molecule has 3 nitrogen and oxygen atoms in total. The van der Waals surface area contributed by atoms with E-state index in [4.69, 9.17) is 10.5 Å². The monoisotopic (exact) mass is 222 g/mol. The summed E-state index contributed by atoms with van der Waals surface area (Å²) in [4.78, 5) is 0. The van der Waals surface area contributed by atoms with Crippen LogP contribution >= 0.6 is 11.8 Å². The highest BCUT2D eigenvalue weighted by molar-refractivity contribution is 7.98. The predicted molar refractivity (Wildman–Crippen MR) is 64.9 cm³/mol. The van der Waals surface area contributed by atoms with Crippen molar-refractivity contribution in [1.82, 2.24) is 0 Å². The number of hydrogen-bond acceptors (Lipinski definition) is 4. The van der Waals surface area contributed by atoms with Gasteiger partial charge in [-0.15, -0.1) is 0 Å². The number of hydrogen-bond donors (Lipinski definition) is 2. The number of thioether (sulfide) groups is 1. The molecule has 0 aromatic heterocycles. The lowest BCUT2D eigenvalue weighted by Gasteiger charge is -2.22. The van der Waals surface area contributed by atoms with Crippen molar-refractivity contribution < 1.29 is 4.74 Å². The van der Waals surface area contributed by atoms with Crippen molar-refractivity contribution in [1.29, 1.82) is 0 Å². The Hall–Kier alpha value is -1.29. The average molecular weight is 222 g/mol. The van der Waals surface area contributed by atoms with Crippen LogP contribution in [0.3, 0.4) is 0 Å². The summed E-state index contributed by atoms with van der Waals surface area (Å²) in [6.45, 7) is 0. The van der Waals surface area contributed by atoms with Crippen molar-refractivity contribution in [2.75, 3.05) is 17.3 Å². The van der Waals surface area contributed by atoms with Gasteiger partial charge in [-0.25, -0.2) is 0 Å². The van der Waals surface area contributed by atoms with Crippen LogP contribution in [0.15, 0.2) is 35.8 Å². The Bertz CT molecular complexity index is 390. The first-order valence-electron chi connectivity index (χ1n) is 4.82. The van der Waals surface area contributed by atoms with Gasteiger partial charge in [0.05, 0.1) is 5.69 Å². The summed E-state index contributed by atoms with van der Waals surface area (Å²) < 4.78 is 5.73. The Balaban J connectivity index is 2.16.